The molecule has 27 heavy (non-hydrogen) atoms. The van der Waals surface area contributed by atoms with E-state index < -0.39 is 10.4 Å². The minimum absolute atomic E-state index is 0. The zero-order chi connectivity index (χ0) is 19.3. The maximum Gasteiger partial charge on any atom is 0.397 e. The lowest BCUT2D eigenvalue weighted by molar-refractivity contribution is 0.00854. The van der Waals surface area contributed by atoms with Gasteiger partial charge in [-0.3, -0.25) is 4.55 Å². The van der Waals surface area contributed by atoms with Crippen LogP contribution in [0.4, 0.5) is 0 Å². The van der Waals surface area contributed by atoms with E-state index in [1.165, 1.54) is 57.8 Å². The van der Waals surface area contributed by atoms with Crippen molar-refractivity contribution in [2.45, 2.75) is 71.1 Å². The highest BCUT2D eigenvalue weighted by Crippen LogP contribution is 2.10. The fourth-order valence-corrected chi connectivity index (χ4v) is 2.71. The molecular formula is C18H41NO7S. The van der Waals surface area contributed by atoms with Gasteiger partial charge >= 0.3 is 10.4 Å². The summed E-state index contributed by atoms with van der Waals surface area (Å²) in [4.78, 5) is 0. The lowest BCUT2D eigenvalue weighted by Gasteiger charge is -2.07. The largest absolute Gasteiger partial charge is 0.397 e. The first-order valence-electron chi connectivity index (χ1n) is 9.91. The van der Waals surface area contributed by atoms with Crippen LogP contribution in [0.15, 0.2) is 0 Å². The number of ether oxygens (including phenoxy) is 3. The molecule has 0 saturated heterocycles. The molecule has 166 valence electrons. The van der Waals surface area contributed by atoms with Gasteiger partial charge in [0.1, 0.15) is 0 Å². The van der Waals surface area contributed by atoms with Gasteiger partial charge in [0.25, 0.3) is 0 Å². The van der Waals surface area contributed by atoms with Crippen molar-refractivity contribution < 1.29 is 31.4 Å². The molecule has 0 spiro atoms. The fraction of sp³-hybridized carbons (Fsp3) is 1.00. The number of unbranched alkanes of at least 4 members (excludes halogenated alkanes) is 9. The van der Waals surface area contributed by atoms with Crippen LogP contribution in [0.25, 0.3) is 0 Å². The molecule has 0 aliphatic carbocycles. The second-order valence-corrected chi connectivity index (χ2v) is 7.36. The van der Waals surface area contributed by atoms with Crippen LogP contribution in [0.3, 0.4) is 0 Å². The second-order valence-electron chi connectivity index (χ2n) is 6.27. The van der Waals surface area contributed by atoms with Crippen molar-refractivity contribution in [3.05, 3.63) is 0 Å². The highest BCUT2D eigenvalue weighted by Gasteiger charge is 2.02. The Labute approximate surface area is 165 Å². The molecule has 0 saturated carbocycles. The van der Waals surface area contributed by atoms with Gasteiger partial charge in [0.15, 0.2) is 0 Å². The fourth-order valence-electron chi connectivity index (χ4n) is 2.43. The van der Waals surface area contributed by atoms with Crippen LogP contribution in [0.1, 0.15) is 71.1 Å². The van der Waals surface area contributed by atoms with Gasteiger partial charge in [-0.25, -0.2) is 4.18 Å². The predicted molar refractivity (Wildman–Crippen MR) is 107 cm³/mol. The van der Waals surface area contributed by atoms with Crippen molar-refractivity contribution in [3.63, 3.8) is 0 Å². The zero-order valence-electron chi connectivity index (χ0n) is 17.0. The minimum Gasteiger partial charge on any atom is -0.379 e. The molecule has 0 aromatic rings. The van der Waals surface area contributed by atoms with Crippen molar-refractivity contribution in [1.29, 1.82) is 0 Å². The van der Waals surface area contributed by atoms with E-state index in [9.17, 15) is 8.42 Å². The standard InChI is InChI=1S/C18H38O7S.H3N/c1-2-3-4-5-6-7-8-9-10-11-12-22-13-14-23-15-16-24-17-18-25-26(19,20)21;/h2-18H2,1H3,(H,19,20,21);1H3. The van der Waals surface area contributed by atoms with E-state index in [0.717, 1.165) is 13.0 Å². The molecule has 0 fully saturated rings. The molecule has 0 heterocycles. The molecule has 0 radical (unpaired) electrons. The van der Waals surface area contributed by atoms with Crippen LogP contribution in [-0.2, 0) is 28.8 Å². The summed E-state index contributed by atoms with van der Waals surface area (Å²) in [5.41, 5.74) is 0. The van der Waals surface area contributed by atoms with Gasteiger partial charge in [-0.2, -0.15) is 8.42 Å². The SMILES string of the molecule is CCCCCCCCCCCCOCCOCCOCCOS(=O)(=O)O.N. The maximum atomic E-state index is 10.3. The summed E-state index contributed by atoms with van der Waals surface area (Å²) in [6.45, 7) is 4.74. The highest BCUT2D eigenvalue weighted by molar-refractivity contribution is 7.80. The second kappa shape index (κ2) is 22.0. The smallest absolute Gasteiger partial charge is 0.379 e. The molecule has 0 aliphatic rings. The van der Waals surface area contributed by atoms with Crippen LogP contribution < -0.4 is 6.15 Å². The Morgan fingerprint density at radius 1 is 0.593 bits per heavy atom. The lowest BCUT2D eigenvalue weighted by Crippen LogP contribution is -2.13. The molecule has 0 unspecified atom stereocenters. The van der Waals surface area contributed by atoms with Crippen molar-refractivity contribution in [2.75, 3.05) is 46.2 Å². The van der Waals surface area contributed by atoms with E-state index in [1.54, 1.807) is 0 Å². The summed E-state index contributed by atoms with van der Waals surface area (Å²) < 4.78 is 48.9. The summed E-state index contributed by atoms with van der Waals surface area (Å²) in [5, 5.41) is 0. The summed E-state index contributed by atoms with van der Waals surface area (Å²) in [7, 11) is -4.38. The zero-order valence-corrected chi connectivity index (χ0v) is 17.8. The Morgan fingerprint density at radius 3 is 1.41 bits per heavy atom. The normalized spacial score (nSPS) is 11.5. The molecule has 0 aromatic carbocycles. The van der Waals surface area contributed by atoms with Crippen molar-refractivity contribution >= 4 is 10.4 Å². The Morgan fingerprint density at radius 2 is 0.963 bits per heavy atom. The molecule has 4 N–H and O–H groups in total. The number of hydrogen-bond acceptors (Lipinski definition) is 7. The van der Waals surface area contributed by atoms with Crippen molar-refractivity contribution in [2.24, 2.45) is 0 Å². The first kappa shape index (κ1) is 28.9. The molecule has 0 aromatic heterocycles. The first-order chi connectivity index (χ1) is 12.6. The van der Waals surface area contributed by atoms with Gasteiger partial charge < -0.3 is 20.4 Å². The van der Waals surface area contributed by atoms with Crippen molar-refractivity contribution in [1.82, 2.24) is 6.15 Å². The quantitative estimate of drug-likeness (QED) is 0.213. The van der Waals surface area contributed by atoms with E-state index in [1.807, 2.05) is 0 Å². The van der Waals surface area contributed by atoms with Gasteiger partial charge in [-0.05, 0) is 6.42 Å². The Kier molecular flexibility index (Phi) is 23.6. The van der Waals surface area contributed by atoms with Gasteiger partial charge in [-0.15, -0.1) is 0 Å². The van der Waals surface area contributed by atoms with Crippen LogP contribution in [0.2, 0.25) is 0 Å². The van der Waals surface area contributed by atoms with E-state index in [4.69, 9.17) is 18.8 Å². The molecule has 0 aliphatic heterocycles. The van der Waals surface area contributed by atoms with Crippen LogP contribution in [0, 0.1) is 0 Å². The number of rotatable bonds is 21. The molecule has 8 nitrogen and oxygen atoms in total. The van der Waals surface area contributed by atoms with Crippen LogP contribution in [-0.4, -0.2) is 59.2 Å². The molecule has 0 bridgehead atoms. The van der Waals surface area contributed by atoms with E-state index >= 15 is 0 Å². The van der Waals surface area contributed by atoms with Crippen molar-refractivity contribution in [3.8, 4) is 0 Å². The van der Waals surface area contributed by atoms with Crippen LogP contribution in [0.5, 0.6) is 0 Å². The highest BCUT2D eigenvalue weighted by atomic mass is 32.3. The molecule has 0 rings (SSSR count). The maximum absolute atomic E-state index is 10.3. The van der Waals surface area contributed by atoms with Gasteiger partial charge in [-0.1, -0.05) is 64.7 Å². The lowest BCUT2D eigenvalue weighted by atomic mass is 10.1. The third-order valence-corrected chi connectivity index (χ3v) is 4.31. The third kappa shape index (κ3) is 28.0. The minimum atomic E-state index is -4.38. The monoisotopic (exact) mass is 415 g/mol. The average molecular weight is 416 g/mol. The summed E-state index contributed by atoms with van der Waals surface area (Å²) in [6, 6.07) is 0. The van der Waals surface area contributed by atoms with Crippen LogP contribution >= 0.6 is 0 Å². The summed E-state index contributed by atoms with van der Waals surface area (Å²) in [6.07, 6.45) is 13.2. The number of hydrogen-bond donors (Lipinski definition) is 2. The topological polar surface area (TPSA) is 126 Å². The third-order valence-electron chi connectivity index (χ3n) is 3.85. The Hall–Kier alpha value is -0.290. The van der Waals surface area contributed by atoms with E-state index in [-0.39, 0.29) is 19.4 Å². The molecule has 0 amide bonds. The average Bonchev–Trinajstić information content (AvgIpc) is 2.59. The summed E-state index contributed by atoms with van der Waals surface area (Å²) >= 11 is 0. The molecule has 9 heteroatoms. The van der Waals surface area contributed by atoms with E-state index in [0.29, 0.717) is 26.4 Å². The molecular weight excluding hydrogens is 374 g/mol. The summed E-state index contributed by atoms with van der Waals surface area (Å²) in [5.74, 6) is 0. The Balaban J connectivity index is 0. The first-order valence-corrected chi connectivity index (χ1v) is 11.3. The van der Waals surface area contributed by atoms with E-state index in [2.05, 4.69) is 11.1 Å². The van der Waals surface area contributed by atoms with Gasteiger partial charge in [0.2, 0.25) is 0 Å². The van der Waals surface area contributed by atoms with Gasteiger partial charge in [0.05, 0.1) is 39.6 Å². The molecule has 0 atom stereocenters. The van der Waals surface area contributed by atoms with Gasteiger partial charge in [0, 0.05) is 6.61 Å². The Bertz CT molecular complexity index is 380. The predicted octanol–water partition coefficient (Wildman–Crippen LogP) is 3.94.